The van der Waals surface area contributed by atoms with Crippen LogP contribution >= 0.6 is 0 Å². The van der Waals surface area contributed by atoms with Crippen molar-refractivity contribution in [2.75, 3.05) is 19.6 Å². The van der Waals surface area contributed by atoms with Crippen molar-refractivity contribution in [3.05, 3.63) is 34.9 Å². The van der Waals surface area contributed by atoms with Crippen LogP contribution in [0.5, 0.6) is 0 Å². The van der Waals surface area contributed by atoms with E-state index in [0.717, 1.165) is 6.54 Å². The SMILES string of the molecule is N#CC(CN1CCCC1)c1ccc2c(c1)CCC2. The molecule has 0 saturated carbocycles. The van der Waals surface area contributed by atoms with Crippen molar-refractivity contribution >= 4 is 0 Å². The Labute approximate surface area is 109 Å². The highest BCUT2D eigenvalue weighted by Crippen LogP contribution is 2.27. The van der Waals surface area contributed by atoms with Crippen LogP contribution in [0.2, 0.25) is 0 Å². The third-order valence-corrected chi connectivity index (χ3v) is 4.32. The van der Waals surface area contributed by atoms with E-state index in [9.17, 15) is 5.26 Å². The van der Waals surface area contributed by atoms with Gasteiger partial charge in [-0.3, -0.25) is 0 Å². The molecule has 0 N–H and O–H groups in total. The van der Waals surface area contributed by atoms with Crippen molar-refractivity contribution in [2.45, 2.75) is 38.0 Å². The molecule has 0 aromatic heterocycles. The van der Waals surface area contributed by atoms with E-state index in [1.54, 1.807) is 0 Å². The monoisotopic (exact) mass is 240 g/mol. The minimum atomic E-state index is 0.0500. The molecule has 0 spiro atoms. The predicted molar refractivity (Wildman–Crippen MR) is 72.5 cm³/mol. The van der Waals surface area contributed by atoms with Crippen LogP contribution in [0.15, 0.2) is 18.2 Å². The molecule has 1 aliphatic heterocycles. The number of hydrogen-bond donors (Lipinski definition) is 0. The average Bonchev–Trinajstić information content (AvgIpc) is 3.06. The molecule has 1 atom stereocenters. The van der Waals surface area contributed by atoms with E-state index in [0.29, 0.717) is 0 Å². The number of likely N-dealkylation sites (tertiary alicyclic amines) is 1. The number of benzene rings is 1. The Balaban J connectivity index is 1.76. The summed E-state index contributed by atoms with van der Waals surface area (Å²) < 4.78 is 0. The molecule has 94 valence electrons. The first kappa shape index (κ1) is 11.7. The van der Waals surface area contributed by atoms with E-state index in [1.165, 1.54) is 61.9 Å². The Morgan fingerprint density at radius 1 is 1.11 bits per heavy atom. The van der Waals surface area contributed by atoms with E-state index >= 15 is 0 Å². The zero-order valence-corrected chi connectivity index (χ0v) is 10.9. The number of nitriles is 1. The first-order valence-electron chi connectivity index (χ1n) is 7.10. The normalized spacial score (nSPS) is 20.6. The van der Waals surface area contributed by atoms with Crippen LogP contribution in [0.4, 0.5) is 0 Å². The molecule has 0 bridgehead atoms. The smallest absolute Gasteiger partial charge is 0.0839 e. The van der Waals surface area contributed by atoms with Gasteiger partial charge >= 0.3 is 0 Å². The molecule has 2 heteroatoms. The minimum Gasteiger partial charge on any atom is -0.302 e. The van der Waals surface area contributed by atoms with Crippen molar-refractivity contribution in [1.29, 1.82) is 5.26 Å². The van der Waals surface area contributed by atoms with Gasteiger partial charge in [0.05, 0.1) is 12.0 Å². The van der Waals surface area contributed by atoms with E-state index in [1.807, 2.05) is 0 Å². The minimum absolute atomic E-state index is 0.0500. The van der Waals surface area contributed by atoms with Gasteiger partial charge in [0, 0.05) is 6.54 Å². The molecule has 18 heavy (non-hydrogen) atoms. The van der Waals surface area contributed by atoms with E-state index in [-0.39, 0.29) is 5.92 Å². The molecule has 1 aliphatic carbocycles. The van der Waals surface area contributed by atoms with Crippen LogP contribution in [0.3, 0.4) is 0 Å². The van der Waals surface area contributed by atoms with Crippen LogP contribution in [0.1, 0.15) is 41.9 Å². The van der Waals surface area contributed by atoms with E-state index < -0.39 is 0 Å². The summed E-state index contributed by atoms with van der Waals surface area (Å²) in [6, 6.07) is 9.20. The fourth-order valence-corrected chi connectivity index (χ4v) is 3.25. The quantitative estimate of drug-likeness (QED) is 0.812. The molecule has 1 unspecified atom stereocenters. The van der Waals surface area contributed by atoms with Crippen LogP contribution < -0.4 is 0 Å². The van der Waals surface area contributed by atoms with Gasteiger partial charge < -0.3 is 4.90 Å². The molecule has 3 rings (SSSR count). The highest BCUT2D eigenvalue weighted by molar-refractivity contribution is 5.38. The zero-order chi connectivity index (χ0) is 12.4. The standard InChI is InChI=1S/C16H20N2/c17-11-16(12-18-8-1-2-9-18)15-7-6-13-4-3-5-14(13)10-15/h6-7,10,16H,1-5,8-9,12H2. The summed E-state index contributed by atoms with van der Waals surface area (Å²) >= 11 is 0. The van der Waals surface area contributed by atoms with Gasteiger partial charge in [-0.15, -0.1) is 0 Å². The maximum absolute atomic E-state index is 9.41. The Kier molecular flexibility index (Phi) is 3.34. The summed E-state index contributed by atoms with van der Waals surface area (Å²) in [6.07, 6.45) is 6.29. The molecule has 1 fully saturated rings. The average molecular weight is 240 g/mol. The molecular formula is C16H20N2. The Morgan fingerprint density at radius 2 is 1.89 bits per heavy atom. The van der Waals surface area contributed by atoms with Gasteiger partial charge in [0.25, 0.3) is 0 Å². The molecule has 2 nitrogen and oxygen atoms in total. The zero-order valence-electron chi connectivity index (χ0n) is 10.9. The molecule has 1 saturated heterocycles. The highest BCUT2D eigenvalue weighted by Gasteiger charge is 2.20. The first-order valence-corrected chi connectivity index (χ1v) is 7.10. The van der Waals surface area contributed by atoms with Gasteiger partial charge in [-0.2, -0.15) is 5.26 Å². The number of rotatable bonds is 3. The molecule has 1 heterocycles. The first-order chi connectivity index (χ1) is 8.86. The summed E-state index contributed by atoms with van der Waals surface area (Å²) in [6.45, 7) is 3.25. The molecule has 2 aliphatic rings. The lowest BCUT2D eigenvalue weighted by molar-refractivity contribution is 0.332. The van der Waals surface area contributed by atoms with Crippen molar-refractivity contribution in [2.24, 2.45) is 0 Å². The lowest BCUT2D eigenvalue weighted by atomic mass is 9.96. The van der Waals surface area contributed by atoms with Crippen LogP contribution in [-0.4, -0.2) is 24.5 Å². The second-order valence-electron chi connectivity index (χ2n) is 5.57. The van der Waals surface area contributed by atoms with Gasteiger partial charge in [0.1, 0.15) is 0 Å². The highest BCUT2D eigenvalue weighted by atomic mass is 15.1. The van der Waals surface area contributed by atoms with Crippen molar-refractivity contribution in [1.82, 2.24) is 4.90 Å². The third kappa shape index (κ3) is 2.28. The number of fused-ring (bicyclic) bond motifs is 1. The summed E-state index contributed by atoms with van der Waals surface area (Å²) in [5, 5.41) is 9.41. The molecule has 1 aromatic rings. The molecule has 0 radical (unpaired) electrons. The second kappa shape index (κ2) is 5.12. The van der Waals surface area contributed by atoms with Crippen LogP contribution in [-0.2, 0) is 12.8 Å². The summed E-state index contributed by atoms with van der Waals surface area (Å²) in [4.78, 5) is 2.43. The summed E-state index contributed by atoms with van der Waals surface area (Å²) in [7, 11) is 0. The summed E-state index contributed by atoms with van der Waals surface area (Å²) in [5.41, 5.74) is 4.20. The molecule has 0 amide bonds. The third-order valence-electron chi connectivity index (χ3n) is 4.32. The second-order valence-corrected chi connectivity index (χ2v) is 5.57. The number of nitrogens with zero attached hydrogens (tertiary/aromatic N) is 2. The van der Waals surface area contributed by atoms with E-state index in [2.05, 4.69) is 29.2 Å². The predicted octanol–water partition coefficient (Wildman–Crippen LogP) is 2.88. The maximum atomic E-state index is 9.41. The topological polar surface area (TPSA) is 27.0 Å². The lowest BCUT2D eigenvalue weighted by Crippen LogP contribution is -2.25. The molecule has 1 aromatic carbocycles. The number of hydrogen-bond acceptors (Lipinski definition) is 2. The Morgan fingerprint density at radius 3 is 2.67 bits per heavy atom. The van der Waals surface area contributed by atoms with Crippen molar-refractivity contribution in [3.63, 3.8) is 0 Å². The fraction of sp³-hybridized carbons (Fsp3) is 0.562. The van der Waals surface area contributed by atoms with Crippen LogP contribution in [0, 0.1) is 11.3 Å². The van der Waals surface area contributed by atoms with Gasteiger partial charge in [-0.05, 0) is 61.9 Å². The maximum Gasteiger partial charge on any atom is 0.0839 e. The molecular weight excluding hydrogens is 220 g/mol. The van der Waals surface area contributed by atoms with Crippen molar-refractivity contribution in [3.8, 4) is 6.07 Å². The largest absolute Gasteiger partial charge is 0.302 e. The fourth-order valence-electron chi connectivity index (χ4n) is 3.25. The van der Waals surface area contributed by atoms with Crippen molar-refractivity contribution < 1.29 is 0 Å². The van der Waals surface area contributed by atoms with Gasteiger partial charge in [0.15, 0.2) is 0 Å². The van der Waals surface area contributed by atoms with Gasteiger partial charge in [-0.25, -0.2) is 0 Å². The lowest BCUT2D eigenvalue weighted by Gasteiger charge is -2.19. The van der Waals surface area contributed by atoms with Gasteiger partial charge in [0.2, 0.25) is 0 Å². The Hall–Kier alpha value is -1.33. The number of aryl methyl sites for hydroxylation is 2. The van der Waals surface area contributed by atoms with Gasteiger partial charge in [-0.1, -0.05) is 18.2 Å². The Bertz CT molecular complexity index is 466. The van der Waals surface area contributed by atoms with Crippen LogP contribution in [0.25, 0.3) is 0 Å². The summed E-state index contributed by atoms with van der Waals surface area (Å²) in [5.74, 6) is 0.0500. The van der Waals surface area contributed by atoms with E-state index in [4.69, 9.17) is 0 Å².